The summed E-state index contributed by atoms with van der Waals surface area (Å²) < 4.78 is 5.39. The second-order valence-corrected chi connectivity index (χ2v) is 6.42. The van der Waals surface area contributed by atoms with Gasteiger partial charge in [-0.15, -0.1) is 0 Å². The first-order valence-electron chi connectivity index (χ1n) is 8.39. The Balaban J connectivity index is 1.54. The first-order valence-corrected chi connectivity index (χ1v) is 8.77. The van der Waals surface area contributed by atoms with E-state index in [2.05, 4.69) is 0 Å². The highest BCUT2D eigenvalue weighted by molar-refractivity contribution is 6.30. The van der Waals surface area contributed by atoms with Gasteiger partial charge in [0.05, 0.1) is 6.61 Å². The van der Waals surface area contributed by atoms with Crippen molar-refractivity contribution in [3.8, 4) is 16.9 Å². The van der Waals surface area contributed by atoms with Gasteiger partial charge in [0.25, 0.3) is 0 Å². The molecule has 3 aromatic carbocycles. The summed E-state index contributed by atoms with van der Waals surface area (Å²) in [5.41, 5.74) is 3.98. The van der Waals surface area contributed by atoms with Crippen LogP contribution in [0.1, 0.15) is 17.5 Å². The van der Waals surface area contributed by atoms with Crippen LogP contribution in [0.3, 0.4) is 0 Å². The quantitative estimate of drug-likeness (QED) is 0.491. The lowest BCUT2D eigenvalue weighted by Gasteiger charge is -2.07. The van der Waals surface area contributed by atoms with Gasteiger partial charge in [-0.25, -0.2) is 0 Å². The highest BCUT2D eigenvalue weighted by Gasteiger charge is 2.06. The molecule has 0 bridgehead atoms. The van der Waals surface area contributed by atoms with E-state index >= 15 is 0 Å². The van der Waals surface area contributed by atoms with Crippen molar-refractivity contribution >= 4 is 17.6 Å². The van der Waals surface area contributed by atoms with E-state index in [9.17, 15) is 4.79 Å². The Labute approximate surface area is 157 Å². The average Bonchev–Trinajstić information content (AvgIpc) is 2.68. The molecule has 0 unspecified atom stereocenters. The molecule has 0 aliphatic rings. The zero-order valence-electron chi connectivity index (χ0n) is 14.2. The predicted molar refractivity (Wildman–Crippen MR) is 103 cm³/mol. The van der Waals surface area contributed by atoms with Crippen LogP contribution in [0, 0.1) is 0 Å². The van der Waals surface area contributed by atoms with Crippen LogP contribution in [0.25, 0.3) is 11.1 Å². The fourth-order valence-electron chi connectivity index (χ4n) is 2.60. The molecule has 0 heterocycles. The van der Waals surface area contributed by atoms with Gasteiger partial charge in [-0.05, 0) is 52.9 Å². The molecule has 4 heteroatoms. The number of ether oxygens (including phenoxy) is 1. The van der Waals surface area contributed by atoms with Crippen molar-refractivity contribution in [3.63, 3.8) is 0 Å². The van der Waals surface area contributed by atoms with Crippen molar-refractivity contribution in [2.75, 3.05) is 0 Å². The number of aliphatic hydroxyl groups is 1. The summed E-state index contributed by atoms with van der Waals surface area (Å²) in [6.45, 7) is 0.0222. The van der Waals surface area contributed by atoms with Crippen LogP contribution in [-0.2, 0) is 17.8 Å². The van der Waals surface area contributed by atoms with Crippen LogP contribution >= 0.6 is 11.6 Å². The molecule has 132 valence electrons. The lowest BCUT2D eigenvalue weighted by molar-refractivity contribution is -0.134. The normalized spacial score (nSPS) is 10.5. The van der Waals surface area contributed by atoms with Crippen LogP contribution in [0.5, 0.6) is 5.75 Å². The van der Waals surface area contributed by atoms with Crippen molar-refractivity contribution in [2.24, 2.45) is 0 Å². The maximum atomic E-state index is 12.0. The van der Waals surface area contributed by atoms with E-state index in [0.29, 0.717) is 23.6 Å². The average molecular weight is 367 g/mol. The first kappa shape index (κ1) is 18.2. The number of benzene rings is 3. The molecule has 0 amide bonds. The molecule has 0 aliphatic carbocycles. The molecule has 0 radical (unpaired) electrons. The van der Waals surface area contributed by atoms with E-state index in [1.54, 1.807) is 12.1 Å². The Kier molecular flexibility index (Phi) is 6.05. The number of carbonyl (C=O) groups excluding carboxylic acids is 1. The molecule has 0 spiro atoms. The Morgan fingerprint density at radius 2 is 1.35 bits per heavy atom. The lowest BCUT2D eigenvalue weighted by Crippen LogP contribution is -2.09. The summed E-state index contributed by atoms with van der Waals surface area (Å²) in [6.07, 6.45) is 0.908. The van der Waals surface area contributed by atoms with E-state index in [1.807, 2.05) is 60.7 Å². The first-order chi connectivity index (χ1) is 12.6. The summed E-state index contributed by atoms with van der Waals surface area (Å²) in [5, 5.41) is 9.73. The fourth-order valence-corrected chi connectivity index (χ4v) is 2.72. The zero-order chi connectivity index (χ0) is 18.4. The van der Waals surface area contributed by atoms with Gasteiger partial charge in [0.15, 0.2) is 0 Å². The number of aryl methyl sites for hydroxylation is 1. The van der Waals surface area contributed by atoms with Crippen LogP contribution in [0.15, 0.2) is 72.8 Å². The summed E-state index contributed by atoms with van der Waals surface area (Å²) in [7, 11) is 0. The number of halogens is 1. The minimum absolute atomic E-state index is 0.0222. The van der Waals surface area contributed by atoms with E-state index < -0.39 is 0 Å². The largest absolute Gasteiger partial charge is 0.427 e. The molecule has 0 saturated carbocycles. The van der Waals surface area contributed by atoms with E-state index in [-0.39, 0.29) is 12.6 Å². The monoisotopic (exact) mass is 366 g/mol. The summed E-state index contributed by atoms with van der Waals surface area (Å²) >= 11 is 5.90. The fraction of sp³-hybridized carbons (Fsp3) is 0.136. The molecule has 26 heavy (non-hydrogen) atoms. The van der Waals surface area contributed by atoms with Crippen molar-refractivity contribution in [3.05, 3.63) is 88.9 Å². The molecule has 0 fully saturated rings. The van der Waals surface area contributed by atoms with Gasteiger partial charge in [0, 0.05) is 11.4 Å². The topological polar surface area (TPSA) is 46.5 Å². The molecule has 0 aromatic heterocycles. The van der Waals surface area contributed by atoms with E-state index in [0.717, 1.165) is 22.3 Å². The molecule has 1 N–H and O–H groups in total. The van der Waals surface area contributed by atoms with Gasteiger partial charge in [0.2, 0.25) is 0 Å². The van der Waals surface area contributed by atoms with Gasteiger partial charge in [-0.3, -0.25) is 4.79 Å². The maximum absolute atomic E-state index is 12.0. The molecule has 0 saturated heterocycles. The molecular weight excluding hydrogens is 348 g/mol. The zero-order valence-corrected chi connectivity index (χ0v) is 14.9. The summed E-state index contributed by atoms with van der Waals surface area (Å²) in [4.78, 5) is 12.0. The molecule has 0 atom stereocenters. The number of hydrogen-bond donors (Lipinski definition) is 1. The van der Waals surface area contributed by atoms with E-state index in [1.165, 1.54) is 0 Å². The van der Waals surface area contributed by atoms with Crippen LogP contribution in [0.2, 0.25) is 5.02 Å². The number of aliphatic hydroxyl groups excluding tert-OH is 1. The highest BCUT2D eigenvalue weighted by Crippen LogP contribution is 2.24. The molecule has 3 nitrogen and oxygen atoms in total. The Bertz CT molecular complexity index is 853. The molecular formula is C22H19ClO3. The number of hydrogen-bond acceptors (Lipinski definition) is 3. The Hall–Kier alpha value is -2.62. The second kappa shape index (κ2) is 8.65. The summed E-state index contributed by atoms with van der Waals surface area (Å²) in [5.74, 6) is 0.263. The van der Waals surface area contributed by atoms with Gasteiger partial charge in [-0.2, -0.15) is 0 Å². The molecule has 3 rings (SSSR count). The second-order valence-electron chi connectivity index (χ2n) is 5.98. The lowest BCUT2D eigenvalue weighted by atomic mass is 10.1. The Morgan fingerprint density at radius 3 is 1.92 bits per heavy atom. The number of carbonyl (C=O) groups is 1. The minimum atomic E-state index is -0.268. The Morgan fingerprint density at radius 1 is 0.808 bits per heavy atom. The minimum Gasteiger partial charge on any atom is -0.427 e. The van der Waals surface area contributed by atoms with Crippen LogP contribution in [0.4, 0.5) is 0 Å². The molecule has 0 aliphatic heterocycles. The van der Waals surface area contributed by atoms with Crippen molar-refractivity contribution < 1.29 is 14.6 Å². The van der Waals surface area contributed by atoms with Crippen molar-refractivity contribution in [1.29, 1.82) is 0 Å². The van der Waals surface area contributed by atoms with Gasteiger partial charge in [0.1, 0.15) is 5.75 Å². The molecule has 3 aromatic rings. The third-order valence-electron chi connectivity index (χ3n) is 4.09. The smallest absolute Gasteiger partial charge is 0.311 e. The van der Waals surface area contributed by atoms with Gasteiger partial charge in [-0.1, -0.05) is 60.1 Å². The van der Waals surface area contributed by atoms with Crippen LogP contribution < -0.4 is 4.74 Å². The maximum Gasteiger partial charge on any atom is 0.311 e. The standard InChI is InChI=1S/C22H19ClO3/c23-20-10-6-18(7-11-20)19-8-12-21(13-9-19)26-22(25)14-5-16-1-3-17(15-24)4-2-16/h1-4,6-13,24H,5,14-15H2. The van der Waals surface area contributed by atoms with Crippen molar-refractivity contribution in [2.45, 2.75) is 19.4 Å². The van der Waals surface area contributed by atoms with Gasteiger partial charge < -0.3 is 9.84 Å². The third-order valence-corrected chi connectivity index (χ3v) is 4.34. The van der Waals surface area contributed by atoms with Crippen molar-refractivity contribution in [1.82, 2.24) is 0 Å². The highest BCUT2D eigenvalue weighted by atomic mass is 35.5. The van der Waals surface area contributed by atoms with E-state index in [4.69, 9.17) is 21.4 Å². The van der Waals surface area contributed by atoms with Gasteiger partial charge >= 0.3 is 5.97 Å². The number of rotatable bonds is 6. The summed E-state index contributed by atoms with van der Waals surface area (Å²) in [6, 6.07) is 22.5. The van der Waals surface area contributed by atoms with Crippen LogP contribution in [-0.4, -0.2) is 11.1 Å². The SMILES string of the molecule is O=C(CCc1ccc(CO)cc1)Oc1ccc(-c2ccc(Cl)cc2)cc1. The number of esters is 1. The predicted octanol–water partition coefficient (Wildman–Crippen LogP) is 5.04. The third kappa shape index (κ3) is 4.94.